The van der Waals surface area contributed by atoms with Crippen LogP contribution in [-0.4, -0.2) is 59.0 Å². The van der Waals surface area contributed by atoms with Crippen molar-refractivity contribution in [3.63, 3.8) is 0 Å². The first kappa shape index (κ1) is 29.5. The van der Waals surface area contributed by atoms with Gasteiger partial charge in [0.25, 0.3) is 10.0 Å². The molecule has 1 unspecified atom stereocenters. The number of likely N-dealkylation sites (N-methyl/N-ethyl adjacent to an activating group) is 1. The average Bonchev–Trinajstić information content (AvgIpc) is 2.94. The van der Waals surface area contributed by atoms with Crippen LogP contribution in [0.5, 0.6) is 11.5 Å². The largest absolute Gasteiger partial charge is 0.497 e. The fourth-order valence-electron chi connectivity index (χ4n) is 4.02. The van der Waals surface area contributed by atoms with E-state index in [0.29, 0.717) is 5.75 Å². The van der Waals surface area contributed by atoms with Crippen LogP contribution in [0.15, 0.2) is 71.6 Å². The van der Waals surface area contributed by atoms with Gasteiger partial charge < -0.3 is 19.7 Å². The van der Waals surface area contributed by atoms with E-state index in [-0.39, 0.29) is 28.8 Å². The van der Waals surface area contributed by atoms with E-state index in [1.54, 1.807) is 31.2 Å². The summed E-state index contributed by atoms with van der Waals surface area (Å²) in [5, 5.41) is 2.57. The topological polar surface area (TPSA) is 105 Å². The van der Waals surface area contributed by atoms with E-state index in [1.165, 1.54) is 44.4 Å². The maximum Gasteiger partial charge on any atom is 0.264 e. The second-order valence-corrected chi connectivity index (χ2v) is 11.0. The summed E-state index contributed by atoms with van der Waals surface area (Å²) in [5.74, 6) is -0.309. The van der Waals surface area contributed by atoms with E-state index >= 15 is 0 Å². The van der Waals surface area contributed by atoms with Crippen molar-refractivity contribution in [2.75, 3.05) is 32.1 Å². The fourth-order valence-corrected chi connectivity index (χ4v) is 5.44. The predicted molar refractivity (Wildman–Crippen MR) is 151 cm³/mol. The van der Waals surface area contributed by atoms with Crippen LogP contribution < -0.4 is 19.1 Å². The number of hydrogen-bond acceptors (Lipinski definition) is 6. The van der Waals surface area contributed by atoms with Crippen LogP contribution in [0.3, 0.4) is 0 Å². The van der Waals surface area contributed by atoms with Gasteiger partial charge in [0, 0.05) is 19.7 Å². The third-order valence-corrected chi connectivity index (χ3v) is 8.20. The molecule has 1 atom stereocenters. The van der Waals surface area contributed by atoms with Crippen molar-refractivity contribution in [2.45, 2.75) is 38.3 Å². The van der Waals surface area contributed by atoms with Crippen molar-refractivity contribution in [1.82, 2.24) is 10.2 Å². The summed E-state index contributed by atoms with van der Waals surface area (Å²) in [5.41, 5.74) is 2.88. The third kappa shape index (κ3) is 6.88. The smallest absolute Gasteiger partial charge is 0.264 e. The number of carbonyl (C=O) groups excluding carboxylic acids is 2. The molecule has 3 aromatic carbocycles. The Morgan fingerprint density at radius 3 is 2.03 bits per heavy atom. The van der Waals surface area contributed by atoms with Gasteiger partial charge in [0.2, 0.25) is 11.8 Å². The predicted octanol–water partition coefficient (Wildman–Crippen LogP) is 3.68. The molecule has 0 aromatic heterocycles. The first-order chi connectivity index (χ1) is 18.5. The molecule has 2 amide bonds. The molecule has 0 radical (unpaired) electrons. The maximum atomic E-state index is 14.0. The number of anilines is 1. The molecule has 0 saturated heterocycles. The van der Waals surface area contributed by atoms with Gasteiger partial charge in [0.15, 0.2) is 0 Å². The first-order valence-electron chi connectivity index (χ1n) is 12.4. The highest BCUT2D eigenvalue weighted by atomic mass is 32.2. The van der Waals surface area contributed by atoms with Crippen LogP contribution in [0.25, 0.3) is 0 Å². The second-order valence-electron chi connectivity index (χ2n) is 9.16. The van der Waals surface area contributed by atoms with E-state index in [0.717, 1.165) is 21.0 Å². The minimum absolute atomic E-state index is 0.00945. The van der Waals surface area contributed by atoms with Gasteiger partial charge in [0.1, 0.15) is 24.1 Å². The van der Waals surface area contributed by atoms with Crippen LogP contribution in [0.1, 0.15) is 23.6 Å². The molecule has 0 saturated carbocycles. The SMILES string of the molecule is CNC(=O)C(C)N(Cc1ccc(C)cc1)C(=O)CN(c1cc(OC)ccc1OC)S(=O)(=O)c1ccc(C)cc1. The number of aryl methyl sites for hydroxylation is 2. The average molecular weight is 554 g/mol. The molecule has 0 aliphatic carbocycles. The highest BCUT2D eigenvalue weighted by Gasteiger charge is 2.34. The van der Waals surface area contributed by atoms with E-state index in [1.807, 2.05) is 38.1 Å². The van der Waals surface area contributed by atoms with Crippen LogP contribution >= 0.6 is 0 Å². The molecular formula is C29H35N3O6S. The molecule has 0 aliphatic heterocycles. The number of benzene rings is 3. The van der Waals surface area contributed by atoms with Crippen molar-refractivity contribution in [1.29, 1.82) is 0 Å². The zero-order chi connectivity index (χ0) is 28.7. The van der Waals surface area contributed by atoms with E-state index < -0.39 is 28.5 Å². The van der Waals surface area contributed by atoms with Gasteiger partial charge >= 0.3 is 0 Å². The fraction of sp³-hybridized carbons (Fsp3) is 0.310. The highest BCUT2D eigenvalue weighted by molar-refractivity contribution is 7.92. The van der Waals surface area contributed by atoms with Crippen molar-refractivity contribution >= 4 is 27.5 Å². The van der Waals surface area contributed by atoms with Gasteiger partial charge in [-0.25, -0.2) is 8.42 Å². The van der Waals surface area contributed by atoms with E-state index in [9.17, 15) is 18.0 Å². The molecule has 9 nitrogen and oxygen atoms in total. The van der Waals surface area contributed by atoms with E-state index in [2.05, 4.69) is 5.32 Å². The van der Waals surface area contributed by atoms with Crippen LogP contribution in [0.2, 0.25) is 0 Å². The summed E-state index contributed by atoms with van der Waals surface area (Å²) in [4.78, 5) is 27.9. The zero-order valence-corrected chi connectivity index (χ0v) is 23.9. The lowest BCUT2D eigenvalue weighted by Crippen LogP contribution is -2.50. The number of methoxy groups -OCH3 is 2. The third-order valence-electron chi connectivity index (χ3n) is 6.43. The molecular weight excluding hydrogens is 518 g/mol. The molecule has 0 bridgehead atoms. The summed E-state index contributed by atoms with van der Waals surface area (Å²) >= 11 is 0. The van der Waals surface area contributed by atoms with Crippen LogP contribution in [0.4, 0.5) is 5.69 Å². The normalized spacial score (nSPS) is 11.8. The monoisotopic (exact) mass is 553 g/mol. The van der Waals surface area contributed by atoms with Gasteiger partial charge in [-0.3, -0.25) is 13.9 Å². The Hall–Kier alpha value is -4.05. The van der Waals surface area contributed by atoms with Crippen molar-refractivity contribution in [3.05, 3.63) is 83.4 Å². The first-order valence-corrected chi connectivity index (χ1v) is 13.8. The van der Waals surface area contributed by atoms with Gasteiger partial charge in [-0.2, -0.15) is 0 Å². The molecule has 0 fully saturated rings. The quantitative estimate of drug-likeness (QED) is 0.389. The molecule has 208 valence electrons. The molecule has 0 aliphatic rings. The number of carbonyl (C=O) groups is 2. The molecule has 3 aromatic rings. The standard InChI is InChI=1S/C29H35N3O6S/c1-20-7-11-23(12-8-20)18-31(22(3)29(34)30-4)28(33)19-32(26-17-24(37-5)13-16-27(26)38-6)39(35,36)25-14-9-21(2)10-15-25/h7-17,22H,18-19H2,1-6H3,(H,30,34). The molecule has 0 spiro atoms. The summed E-state index contributed by atoms with van der Waals surface area (Å²) in [6.07, 6.45) is 0. The molecule has 10 heteroatoms. The summed E-state index contributed by atoms with van der Waals surface area (Å²) in [6.45, 7) is 4.95. The lowest BCUT2D eigenvalue weighted by molar-refractivity contribution is -0.139. The summed E-state index contributed by atoms with van der Waals surface area (Å²) < 4.78 is 39.8. The molecule has 1 N–H and O–H groups in total. The number of nitrogens with zero attached hydrogens (tertiary/aromatic N) is 2. The Kier molecular flexibility index (Phi) is 9.58. The number of amides is 2. The van der Waals surface area contributed by atoms with Crippen molar-refractivity contribution in [3.8, 4) is 11.5 Å². The second kappa shape index (κ2) is 12.7. The van der Waals surface area contributed by atoms with Crippen LogP contribution in [0, 0.1) is 13.8 Å². The lowest BCUT2D eigenvalue weighted by atomic mass is 10.1. The summed E-state index contributed by atoms with van der Waals surface area (Å²) in [7, 11) is 0.131. The van der Waals surface area contributed by atoms with Crippen molar-refractivity contribution < 1.29 is 27.5 Å². The van der Waals surface area contributed by atoms with Gasteiger partial charge in [-0.1, -0.05) is 47.5 Å². The minimum atomic E-state index is -4.24. The zero-order valence-electron chi connectivity index (χ0n) is 23.1. The molecule has 39 heavy (non-hydrogen) atoms. The Morgan fingerprint density at radius 2 is 1.49 bits per heavy atom. The number of ether oxygens (including phenoxy) is 2. The van der Waals surface area contributed by atoms with E-state index in [4.69, 9.17) is 9.47 Å². The Labute approximate surface area is 230 Å². The number of rotatable bonds is 11. The maximum absolute atomic E-state index is 14.0. The van der Waals surface area contributed by atoms with Crippen LogP contribution in [-0.2, 0) is 26.2 Å². The number of sulfonamides is 1. The highest BCUT2D eigenvalue weighted by Crippen LogP contribution is 2.36. The minimum Gasteiger partial charge on any atom is -0.497 e. The molecule has 3 rings (SSSR count). The number of hydrogen-bond donors (Lipinski definition) is 1. The van der Waals surface area contributed by atoms with Gasteiger partial charge in [-0.05, 0) is 50.6 Å². The Balaban J connectivity index is 2.12. The Morgan fingerprint density at radius 1 is 0.897 bits per heavy atom. The summed E-state index contributed by atoms with van der Waals surface area (Å²) in [6, 6.07) is 17.8. The molecule has 0 heterocycles. The Bertz CT molecular complexity index is 1410. The number of nitrogens with one attached hydrogen (secondary N) is 1. The lowest BCUT2D eigenvalue weighted by Gasteiger charge is -2.32. The van der Waals surface area contributed by atoms with Gasteiger partial charge in [-0.15, -0.1) is 0 Å². The van der Waals surface area contributed by atoms with Gasteiger partial charge in [0.05, 0.1) is 24.8 Å². The van der Waals surface area contributed by atoms with Crippen molar-refractivity contribution in [2.24, 2.45) is 0 Å².